The fraction of sp³-hybridized carbons (Fsp3) is 0.200. The fourth-order valence-corrected chi connectivity index (χ4v) is 3.80. The molecule has 1 aliphatic rings. The molecule has 1 atom stereocenters. The van der Waals surface area contributed by atoms with Gasteiger partial charge >= 0.3 is 5.97 Å². The number of ether oxygens (including phenoxy) is 1. The van der Waals surface area contributed by atoms with E-state index >= 15 is 0 Å². The second kappa shape index (κ2) is 8.93. The third-order valence-electron chi connectivity index (χ3n) is 5.32. The van der Waals surface area contributed by atoms with Crippen LogP contribution in [0.3, 0.4) is 0 Å². The van der Waals surface area contributed by atoms with E-state index in [2.05, 4.69) is 0 Å². The number of rotatable bonds is 5. The second-order valence-corrected chi connectivity index (χ2v) is 7.46. The molecule has 0 saturated carbocycles. The van der Waals surface area contributed by atoms with Gasteiger partial charge in [-0.15, -0.1) is 0 Å². The van der Waals surface area contributed by atoms with E-state index in [1.807, 2.05) is 84.9 Å². The Morgan fingerprint density at radius 1 is 0.900 bits per heavy atom. The molecule has 152 valence electrons. The minimum Gasteiger partial charge on any atom is -0.451 e. The molecule has 0 saturated heterocycles. The number of benzene rings is 3. The van der Waals surface area contributed by atoms with Gasteiger partial charge in [-0.25, -0.2) is 0 Å². The molecule has 1 unspecified atom stereocenters. The highest BCUT2D eigenvalue weighted by Gasteiger charge is 2.29. The maximum absolute atomic E-state index is 12.9. The van der Waals surface area contributed by atoms with Crippen LogP contribution >= 0.6 is 0 Å². The van der Waals surface area contributed by atoms with Crippen LogP contribution in [0.1, 0.15) is 28.4 Å². The van der Waals surface area contributed by atoms with E-state index in [9.17, 15) is 9.59 Å². The molecule has 0 radical (unpaired) electrons. The predicted octanol–water partition coefficient (Wildman–Crippen LogP) is 3.23. The van der Waals surface area contributed by atoms with Crippen molar-refractivity contribution < 1.29 is 14.3 Å². The largest absolute Gasteiger partial charge is 0.451 e. The van der Waals surface area contributed by atoms with Crippen molar-refractivity contribution >= 4 is 11.9 Å². The van der Waals surface area contributed by atoms with Crippen LogP contribution in [0.4, 0.5) is 0 Å². The van der Waals surface area contributed by atoms with Crippen LogP contribution in [0.2, 0.25) is 0 Å². The van der Waals surface area contributed by atoms with Gasteiger partial charge in [-0.3, -0.25) is 9.59 Å². The van der Waals surface area contributed by atoms with Gasteiger partial charge in [0.1, 0.15) is 6.54 Å². The molecule has 0 aromatic heterocycles. The van der Waals surface area contributed by atoms with Gasteiger partial charge in [0.05, 0.1) is 6.04 Å². The average molecular weight is 400 g/mol. The monoisotopic (exact) mass is 400 g/mol. The highest BCUT2D eigenvalue weighted by atomic mass is 16.5. The van der Waals surface area contributed by atoms with Gasteiger partial charge < -0.3 is 15.4 Å². The van der Waals surface area contributed by atoms with Crippen molar-refractivity contribution in [3.05, 3.63) is 107 Å². The Morgan fingerprint density at radius 3 is 2.03 bits per heavy atom. The van der Waals surface area contributed by atoms with E-state index in [1.165, 1.54) is 4.90 Å². The molecule has 3 aromatic rings. The van der Waals surface area contributed by atoms with Crippen LogP contribution in [-0.4, -0.2) is 29.4 Å². The van der Waals surface area contributed by atoms with Gasteiger partial charge in [-0.2, -0.15) is 0 Å². The van der Waals surface area contributed by atoms with E-state index in [0.29, 0.717) is 13.0 Å². The van der Waals surface area contributed by atoms with Crippen LogP contribution < -0.4 is 5.73 Å². The molecular weight excluding hydrogens is 376 g/mol. The van der Waals surface area contributed by atoms with Gasteiger partial charge in [0.25, 0.3) is 0 Å². The lowest BCUT2D eigenvalue weighted by molar-refractivity contribution is -0.153. The number of fused-ring (bicyclic) bond motifs is 1. The van der Waals surface area contributed by atoms with Crippen LogP contribution in [0.15, 0.2) is 84.9 Å². The van der Waals surface area contributed by atoms with Crippen LogP contribution in [-0.2, 0) is 27.3 Å². The first-order valence-corrected chi connectivity index (χ1v) is 10.0. The summed E-state index contributed by atoms with van der Waals surface area (Å²) in [5, 5.41) is 0. The summed E-state index contributed by atoms with van der Waals surface area (Å²) in [5.74, 6) is -0.702. The maximum atomic E-state index is 12.9. The number of esters is 1. The molecule has 1 heterocycles. The molecule has 3 aromatic carbocycles. The Hall–Kier alpha value is -3.44. The molecule has 4 rings (SSSR count). The fourth-order valence-electron chi connectivity index (χ4n) is 3.80. The topological polar surface area (TPSA) is 72.6 Å². The lowest BCUT2D eigenvalue weighted by Crippen LogP contribution is -2.45. The van der Waals surface area contributed by atoms with E-state index in [4.69, 9.17) is 10.5 Å². The zero-order chi connectivity index (χ0) is 20.9. The predicted molar refractivity (Wildman–Crippen MR) is 114 cm³/mol. The third kappa shape index (κ3) is 4.42. The maximum Gasteiger partial charge on any atom is 0.326 e. The van der Waals surface area contributed by atoms with E-state index in [-0.39, 0.29) is 12.5 Å². The van der Waals surface area contributed by atoms with Crippen molar-refractivity contribution in [3.63, 3.8) is 0 Å². The number of hydrogen-bond acceptors (Lipinski definition) is 4. The van der Waals surface area contributed by atoms with Gasteiger partial charge in [-0.05, 0) is 28.7 Å². The van der Waals surface area contributed by atoms with Crippen LogP contribution in [0.5, 0.6) is 0 Å². The Morgan fingerprint density at radius 2 is 1.43 bits per heavy atom. The summed E-state index contributed by atoms with van der Waals surface area (Å²) in [6.07, 6.45) is -0.0695. The van der Waals surface area contributed by atoms with Crippen LogP contribution in [0, 0.1) is 0 Å². The zero-order valence-electron chi connectivity index (χ0n) is 16.6. The number of nitrogens with zero attached hydrogens (tertiary/aromatic N) is 1. The molecular formula is C25H24N2O3. The second-order valence-electron chi connectivity index (χ2n) is 7.46. The number of hydrogen-bond donors (Lipinski definition) is 1. The van der Waals surface area contributed by atoms with Crippen molar-refractivity contribution in [2.24, 2.45) is 5.73 Å². The molecule has 0 fully saturated rings. The first-order valence-electron chi connectivity index (χ1n) is 10.0. The summed E-state index contributed by atoms with van der Waals surface area (Å²) in [6.45, 7) is 0.205. The lowest BCUT2D eigenvalue weighted by atomic mass is 10.0. The van der Waals surface area contributed by atoms with Crippen molar-refractivity contribution in [2.75, 3.05) is 6.54 Å². The summed E-state index contributed by atoms with van der Waals surface area (Å²) in [6, 6.07) is 26.3. The molecule has 5 nitrogen and oxygen atoms in total. The molecule has 5 heteroatoms. The average Bonchev–Trinajstić information content (AvgIpc) is 2.90. The van der Waals surface area contributed by atoms with Gasteiger partial charge in [-0.1, -0.05) is 84.9 Å². The molecule has 30 heavy (non-hydrogen) atoms. The summed E-state index contributed by atoms with van der Waals surface area (Å²) < 4.78 is 5.86. The van der Waals surface area contributed by atoms with Crippen molar-refractivity contribution in [1.29, 1.82) is 0 Å². The number of amides is 1. The smallest absolute Gasteiger partial charge is 0.326 e. The Balaban J connectivity index is 1.54. The van der Waals surface area contributed by atoms with Gasteiger partial charge in [0.15, 0.2) is 6.10 Å². The van der Waals surface area contributed by atoms with Crippen LogP contribution in [0.25, 0.3) is 0 Å². The Bertz CT molecular complexity index is 981. The normalized spacial score (nSPS) is 16.1. The zero-order valence-corrected chi connectivity index (χ0v) is 16.6. The standard InChI is InChI=1S/C25H24N2O3/c26-22-15-20-13-7-8-14-21(20)16-27(25(22)29)17-23(28)30-24(18-9-3-1-4-10-18)19-11-5-2-6-12-19/h1-14,22,24H,15-17,26H2. The molecule has 0 bridgehead atoms. The lowest BCUT2D eigenvalue weighted by Gasteiger charge is -2.24. The number of carbonyl (C=O) groups excluding carboxylic acids is 2. The Labute approximate surface area is 176 Å². The minimum atomic E-state index is -0.666. The summed E-state index contributed by atoms with van der Waals surface area (Å²) >= 11 is 0. The molecule has 1 aliphatic heterocycles. The molecule has 1 amide bonds. The van der Waals surface area contributed by atoms with Crippen molar-refractivity contribution in [1.82, 2.24) is 4.90 Å². The van der Waals surface area contributed by atoms with Crippen molar-refractivity contribution in [2.45, 2.75) is 25.1 Å². The summed E-state index contributed by atoms with van der Waals surface area (Å²) in [4.78, 5) is 27.1. The van der Waals surface area contributed by atoms with E-state index in [1.54, 1.807) is 0 Å². The minimum absolute atomic E-state index is 0.142. The first kappa shape index (κ1) is 19.9. The summed E-state index contributed by atoms with van der Waals surface area (Å²) in [5.41, 5.74) is 9.90. The molecule has 0 spiro atoms. The van der Waals surface area contributed by atoms with Gasteiger partial charge in [0, 0.05) is 6.54 Å². The Kier molecular flexibility index (Phi) is 5.91. The SMILES string of the molecule is NC1Cc2ccccc2CN(CC(=O)OC(c2ccccc2)c2ccccc2)C1=O. The number of carbonyl (C=O) groups is 2. The van der Waals surface area contributed by atoms with E-state index in [0.717, 1.165) is 22.3 Å². The van der Waals surface area contributed by atoms with Gasteiger partial charge in [0.2, 0.25) is 5.91 Å². The summed E-state index contributed by atoms with van der Waals surface area (Å²) in [7, 11) is 0. The molecule has 2 N–H and O–H groups in total. The van der Waals surface area contributed by atoms with E-state index < -0.39 is 18.1 Å². The highest BCUT2D eigenvalue weighted by Crippen LogP contribution is 2.26. The third-order valence-corrected chi connectivity index (χ3v) is 5.32. The molecule has 0 aliphatic carbocycles. The number of nitrogens with two attached hydrogens (primary N) is 1. The quantitative estimate of drug-likeness (QED) is 0.668. The van der Waals surface area contributed by atoms with Crippen molar-refractivity contribution in [3.8, 4) is 0 Å². The highest BCUT2D eigenvalue weighted by molar-refractivity contribution is 5.86. The first-order chi connectivity index (χ1) is 14.6.